The Kier molecular flexibility index (Phi) is 8.23. The van der Waals surface area contributed by atoms with Gasteiger partial charge in [-0.2, -0.15) is 0 Å². The number of amides is 1. The Balaban J connectivity index is 1.81. The number of rotatable bonds is 9. The van der Waals surface area contributed by atoms with Crippen LogP contribution in [-0.4, -0.2) is 40.3 Å². The van der Waals surface area contributed by atoms with E-state index in [1.54, 1.807) is 26.4 Å². The predicted molar refractivity (Wildman–Crippen MR) is 108 cm³/mol. The first-order valence-corrected chi connectivity index (χ1v) is 9.41. The molecule has 2 aromatic rings. The maximum Gasteiger partial charge on any atom is 0.275 e. The lowest BCUT2D eigenvalue weighted by Gasteiger charge is -2.16. The van der Waals surface area contributed by atoms with E-state index in [1.807, 2.05) is 31.3 Å². The van der Waals surface area contributed by atoms with Crippen molar-refractivity contribution in [1.29, 1.82) is 0 Å². The molecule has 1 atom stereocenters. The molecule has 0 aliphatic rings. The smallest absolute Gasteiger partial charge is 0.275 e. The molecule has 0 aromatic heterocycles. The van der Waals surface area contributed by atoms with Crippen molar-refractivity contribution in [3.8, 4) is 11.5 Å². The molecule has 1 unspecified atom stereocenters. The first-order valence-electron chi connectivity index (χ1n) is 8.65. The Morgan fingerprint density at radius 2 is 1.81 bits per heavy atom. The molecule has 2 rings (SSSR count). The van der Waals surface area contributed by atoms with Crippen molar-refractivity contribution in [2.45, 2.75) is 13.0 Å². The SMILES string of the molecule is COc1ccc(C[NH+](C)CC(=O)NCCc2ccc(Cl)cc2Cl)c(OC)c1. The fraction of sp³-hybridized carbons (Fsp3) is 0.350. The molecule has 5 nitrogen and oxygen atoms in total. The van der Waals surface area contributed by atoms with Crippen LogP contribution >= 0.6 is 23.2 Å². The highest BCUT2D eigenvalue weighted by Crippen LogP contribution is 2.24. The van der Waals surface area contributed by atoms with Crippen molar-refractivity contribution < 1.29 is 19.2 Å². The van der Waals surface area contributed by atoms with Crippen LogP contribution in [0.1, 0.15) is 11.1 Å². The van der Waals surface area contributed by atoms with Crippen LogP contribution in [0.3, 0.4) is 0 Å². The minimum Gasteiger partial charge on any atom is -0.497 e. The van der Waals surface area contributed by atoms with E-state index in [2.05, 4.69) is 5.32 Å². The molecule has 27 heavy (non-hydrogen) atoms. The number of hydrogen-bond donors (Lipinski definition) is 2. The monoisotopic (exact) mass is 411 g/mol. The van der Waals surface area contributed by atoms with Gasteiger partial charge in [-0.25, -0.2) is 0 Å². The van der Waals surface area contributed by atoms with Gasteiger partial charge in [0.1, 0.15) is 18.0 Å². The highest BCUT2D eigenvalue weighted by Gasteiger charge is 2.14. The van der Waals surface area contributed by atoms with Crippen molar-refractivity contribution in [2.24, 2.45) is 0 Å². The average molecular weight is 412 g/mol. The van der Waals surface area contributed by atoms with E-state index in [4.69, 9.17) is 32.7 Å². The number of carbonyl (C=O) groups is 1. The highest BCUT2D eigenvalue weighted by molar-refractivity contribution is 6.35. The van der Waals surface area contributed by atoms with Crippen molar-refractivity contribution in [3.05, 3.63) is 57.6 Å². The Morgan fingerprint density at radius 3 is 2.48 bits per heavy atom. The van der Waals surface area contributed by atoms with E-state index < -0.39 is 0 Å². The van der Waals surface area contributed by atoms with Gasteiger partial charge < -0.3 is 19.7 Å². The number of nitrogens with one attached hydrogen (secondary N) is 2. The van der Waals surface area contributed by atoms with E-state index in [0.29, 0.717) is 36.1 Å². The van der Waals surface area contributed by atoms with Gasteiger partial charge in [0.25, 0.3) is 5.91 Å². The van der Waals surface area contributed by atoms with Gasteiger partial charge in [0.2, 0.25) is 0 Å². The summed E-state index contributed by atoms with van der Waals surface area (Å²) in [6, 6.07) is 11.1. The van der Waals surface area contributed by atoms with Crippen LogP contribution in [0.25, 0.3) is 0 Å². The third-order valence-corrected chi connectivity index (χ3v) is 4.77. The summed E-state index contributed by atoms with van der Waals surface area (Å²) in [7, 11) is 5.22. The summed E-state index contributed by atoms with van der Waals surface area (Å²) in [6.07, 6.45) is 0.660. The molecule has 1 amide bonds. The fourth-order valence-electron chi connectivity index (χ4n) is 2.78. The van der Waals surface area contributed by atoms with Crippen LogP contribution in [0.5, 0.6) is 11.5 Å². The quantitative estimate of drug-likeness (QED) is 0.665. The van der Waals surface area contributed by atoms with Crippen LogP contribution in [0.4, 0.5) is 0 Å². The zero-order valence-corrected chi connectivity index (χ0v) is 17.3. The topological polar surface area (TPSA) is 52.0 Å². The van der Waals surface area contributed by atoms with E-state index in [0.717, 1.165) is 27.5 Å². The molecule has 0 aliphatic heterocycles. The molecule has 0 aliphatic carbocycles. The van der Waals surface area contributed by atoms with Gasteiger partial charge >= 0.3 is 0 Å². The molecule has 0 fully saturated rings. The third-order valence-electron chi connectivity index (χ3n) is 4.18. The maximum absolute atomic E-state index is 12.2. The number of benzene rings is 2. The summed E-state index contributed by atoms with van der Waals surface area (Å²) in [4.78, 5) is 13.2. The second kappa shape index (κ2) is 10.4. The lowest BCUT2D eigenvalue weighted by atomic mass is 10.1. The predicted octanol–water partition coefficient (Wildman–Crippen LogP) is 2.38. The molecule has 0 saturated heterocycles. The Bertz CT molecular complexity index is 784. The van der Waals surface area contributed by atoms with Crippen LogP contribution in [-0.2, 0) is 17.8 Å². The molecular weight excluding hydrogens is 387 g/mol. The first-order chi connectivity index (χ1) is 12.9. The highest BCUT2D eigenvalue weighted by atomic mass is 35.5. The molecular formula is C20H25Cl2N2O3+. The lowest BCUT2D eigenvalue weighted by molar-refractivity contribution is -0.885. The summed E-state index contributed by atoms with van der Waals surface area (Å²) in [5, 5.41) is 4.15. The van der Waals surface area contributed by atoms with Gasteiger partial charge in [-0.15, -0.1) is 0 Å². The molecule has 2 N–H and O–H groups in total. The van der Waals surface area contributed by atoms with Gasteiger partial charge in [-0.1, -0.05) is 29.3 Å². The second-order valence-electron chi connectivity index (χ2n) is 6.32. The van der Waals surface area contributed by atoms with Crippen molar-refractivity contribution in [1.82, 2.24) is 5.32 Å². The van der Waals surface area contributed by atoms with Gasteiger partial charge in [0, 0.05) is 28.2 Å². The Hall–Kier alpha value is -1.95. The number of ether oxygens (including phenoxy) is 2. The van der Waals surface area contributed by atoms with Crippen molar-refractivity contribution >= 4 is 29.1 Å². The molecule has 0 saturated carbocycles. The number of likely N-dealkylation sites (N-methyl/N-ethyl adjacent to an activating group) is 1. The summed E-state index contributed by atoms with van der Waals surface area (Å²) in [5.41, 5.74) is 1.99. The summed E-state index contributed by atoms with van der Waals surface area (Å²) in [5.74, 6) is 1.49. The Morgan fingerprint density at radius 1 is 1.07 bits per heavy atom. The molecule has 0 bridgehead atoms. The second-order valence-corrected chi connectivity index (χ2v) is 7.17. The maximum atomic E-state index is 12.2. The molecule has 0 heterocycles. The third kappa shape index (κ3) is 6.61. The largest absolute Gasteiger partial charge is 0.497 e. The van der Waals surface area contributed by atoms with Gasteiger partial charge in [-0.3, -0.25) is 4.79 Å². The zero-order valence-electron chi connectivity index (χ0n) is 15.8. The molecule has 7 heteroatoms. The normalized spacial score (nSPS) is 11.7. The number of hydrogen-bond acceptors (Lipinski definition) is 3. The minimum atomic E-state index is -0.00920. The van der Waals surface area contributed by atoms with E-state index >= 15 is 0 Å². The van der Waals surface area contributed by atoms with Gasteiger partial charge in [0.05, 0.1) is 21.3 Å². The molecule has 0 radical (unpaired) electrons. The standard InChI is InChI=1S/C20H24Cl2N2O3/c1-24(12-15-5-7-17(26-2)11-19(15)27-3)13-20(25)23-9-8-14-4-6-16(21)10-18(14)22/h4-7,10-11H,8-9,12-13H2,1-3H3,(H,23,25)/p+1. The average Bonchev–Trinajstić information content (AvgIpc) is 2.63. The van der Waals surface area contributed by atoms with Gasteiger partial charge in [-0.05, 0) is 36.2 Å². The number of quaternary nitrogens is 1. The van der Waals surface area contributed by atoms with Crippen LogP contribution in [0.2, 0.25) is 10.0 Å². The van der Waals surface area contributed by atoms with E-state index in [-0.39, 0.29) is 5.91 Å². The molecule has 2 aromatic carbocycles. The number of methoxy groups -OCH3 is 2. The number of carbonyl (C=O) groups excluding carboxylic acids is 1. The molecule has 146 valence electrons. The van der Waals surface area contributed by atoms with Crippen LogP contribution < -0.4 is 19.7 Å². The van der Waals surface area contributed by atoms with Crippen LogP contribution in [0, 0.1) is 0 Å². The van der Waals surface area contributed by atoms with E-state index in [1.165, 1.54) is 0 Å². The van der Waals surface area contributed by atoms with Gasteiger partial charge in [0.15, 0.2) is 6.54 Å². The van der Waals surface area contributed by atoms with Crippen LogP contribution in [0.15, 0.2) is 36.4 Å². The van der Waals surface area contributed by atoms with E-state index in [9.17, 15) is 4.79 Å². The zero-order chi connectivity index (χ0) is 19.8. The lowest BCUT2D eigenvalue weighted by Crippen LogP contribution is -3.08. The Labute approximate surface area is 170 Å². The number of halogens is 2. The summed E-state index contributed by atoms with van der Waals surface area (Å²) < 4.78 is 10.6. The summed E-state index contributed by atoms with van der Waals surface area (Å²) >= 11 is 12.0. The first kappa shape index (κ1) is 21.4. The molecule has 0 spiro atoms. The van der Waals surface area contributed by atoms with Crippen molar-refractivity contribution in [2.75, 3.05) is 34.4 Å². The minimum absolute atomic E-state index is 0.00920. The fourth-order valence-corrected chi connectivity index (χ4v) is 3.29. The summed E-state index contributed by atoms with van der Waals surface area (Å²) in [6.45, 7) is 1.56. The van der Waals surface area contributed by atoms with Crippen molar-refractivity contribution in [3.63, 3.8) is 0 Å².